The summed E-state index contributed by atoms with van der Waals surface area (Å²) in [5.41, 5.74) is 2.27. The summed E-state index contributed by atoms with van der Waals surface area (Å²) in [7, 11) is 0. The van der Waals surface area contributed by atoms with E-state index in [2.05, 4.69) is 0 Å². The molecule has 3 rings (SSSR count). The van der Waals surface area contributed by atoms with Crippen LogP contribution >= 0.6 is 0 Å². The number of rotatable bonds is 2. The predicted octanol–water partition coefficient (Wildman–Crippen LogP) is 1.51. The summed E-state index contributed by atoms with van der Waals surface area (Å²) >= 11 is 0. The molecule has 2 atom stereocenters. The summed E-state index contributed by atoms with van der Waals surface area (Å²) in [6.07, 6.45) is 0.721. The van der Waals surface area contributed by atoms with Gasteiger partial charge in [0.05, 0.1) is 24.6 Å². The Bertz CT molecular complexity index is 654. The standard InChI is InChI=1S/C17H22N2O5/c1-11-13-4-3-12(15(20)18-22)9-14(13)24-8-6-19(11)16(21)17(2)5-7-23-10-17/h3-4,9,11,22H,5-8,10H2,1-2H3,(H,18,20)/t11-,17+/m0/s1. The van der Waals surface area contributed by atoms with Crippen LogP contribution in [-0.2, 0) is 9.53 Å². The van der Waals surface area contributed by atoms with Crippen molar-refractivity contribution >= 4 is 11.8 Å². The Morgan fingerprint density at radius 3 is 2.83 bits per heavy atom. The molecule has 0 bridgehead atoms. The van der Waals surface area contributed by atoms with Crippen molar-refractivity contribution in [2.45, 2.75) is 26.3 Å². The monoisotopic (exact) mass is 334 g/mol. The number of ether oxygens (including phenoxy) is 2. The van der Waals surface area contributed by atoms with E-state index >= 15 is 0 Å². The lowest BCUT2D eigenvalue weighted by atomic mass is 9.87. The number of fused-ring (bicyclic) bond motifs is 1. The Labute approximate surface area is 140 Å². The van der Waals surface area contributed by atoms with Crippen molar-refractivity contribution in [1.82, 2.24) is 10.4 Å². The van der Waals surface area contributed by atoms with Crippen LogP contribution in [0.5, 0.6) is 5.75 Å². The lowest BCUT2D eigenvalue weighted by Crippen LogP contribution is -2.45. The van der Waals surface area contributed by atoms with Gasteiger partial charge in [-0.05, 0) is 32.4 Å². The number of carbonyl (C=O) groups is 2. The molecule has 2 N–H and O–H groups in total. The summed E-state index contributed by atoms with van der Waals surface area (Å²) in [5.74, 6) is 0.0368. The summed E-state index contributed by atoms with van der Waals surface area (Å²) in [4.78, 5) is 26.4. The Morgan fingerprint density at radius 2 is 2.17 bits per heavy atom. The van der Waals surface area contributed by atoms with Crippen LogP contribution in [0.2, 0.25) is 0 Å². The first kappa shape index (κ1) is 16.7. The third kappa shape index (κ3) is 2.85. The highest BCUT2D eigenvalue weighted by molar-refractivity contribution is 5.94. The molecule has 0 saturated carbocycles. The zero-order valence-corrected chi connectivity index (χ0v) is 13.9. The highest BCUT2D eigenvalue weighted by atomic mass is 16.5. The zero-order chi connectivity index (χ0) is 17.3. The molecule has 130 valence electrons. The molecule has 0 unspecified atom stereocenters. The molecule has 2 heterocycles. The van der Waals surface area contributed by atoms with E-state index in [-0.39, 0.29) is 11.9 Å². The van der Waals surface area contributed by atoms with E-state index in [0.717, 1.165) is 12.0 Å². The summed E-state index contributed by atoms with van der Waals surface area (Å²) in [6.45, 7) is 5.78. The highest BCUT2D eigenvalue weighted by Crippen LogP contribution is 2.37. The fourth-order valence-electron chi connectivity index (χ4n) is 3.29. The zero-order valence-electron chi connectivity index (χ0n) is 13.9. The second kappa shape index (κ2) is 6.41. The molecule has 1 saturated heterocycles. The number of carbonyl (C=O) groups excluding carboxylic acids is 2. The van der Waals surface area contributed by atoms with E-state index in [1.165, 1.54) is 0 Å². The van der Waals surface area contributed by atoms with E-state index in [9.17, 15) is 9.59 Å². The Morgan fingerprint density at radius 1 is 1.38 bits per heavy atom. The van der Waals surface area contributed by atoms with Crippen LogP contribution in [0.3, 0.4) is 0 Å². The SMILES string of the molecule is C[C@H]1c2ccc(C(=O)NO)cc2OCCN1C(=O)[C@]1(C)CCOC1. The molecule has 7 nitrogen and oxygen atoms in total. The number of amides is 2. The van der Waals surface area contributed by atoms with Crippen molar-refractivity contribution < 1.29 is 24.3 Å². The maximum atomic E-state index is 13.0. The number of nitrogens with one attached hydrogen (secondary N) is 1. The van der Waals surface area contributed by atoms with E-state index in [1.54, 1.807) is 23.7 Å². The summed E-state index contributed by atoms with van der Waals surface area (Å²) in [5, 5.41) is 8.76. The van der Waals surface area contributed by atoms with Gasteiger partial charge in [0.25, 0.3) is 5.91 Å². The van der Waals surface area contributed by atoms with Crippen LogP contribution in [0.1, 0.15) is 42.2 Å². The highest BCUT2D eigenvalue weighted by Gasteiger charge is 2.42. The predicted molar refractivity (Wildman–Crippen MR) is 84.9 cm³/mol. The van der Waals surface area contributed by atoms with Crippen molar-refractivity contribution in [2.75, 3.05) is 26.4 Å². The van der Waals surface area contributed by atoms with Crippen LogP contribution in [0, 0.1) is 5.41 Å². The largest absolute Gasteiger partial charge is 0.491 e. The summed E-state index contributed by atoms with van der Waals surface area (Å²) < 4.78 is 11.2. The van der Waals surface area contributed by atoms with Crippen LogP contribution in [-0.4, -0.2) is 48.3 Å². The van der Waals surface area contributed by atoms with Gasteiger partial charge >= 0.3 is 0 Å². The van der Waals surface area contributed by atoms with Crippen LogP contribution in [0.25, 0.3) is 0 Å². The average Bonchev–Trinajstić information content (AvgIpc) is 2.97. The minimum atomic E-state index is -0.596. The maximum Gasteiger partial charge on any atom is 0.274 e. The molecule has 2 aliphatic rings. The fraction of sp³-hybridized carbons (Fsp3) is 0.529. The Kier molecular flexibility index (Phi) is 4.47. The van der Waals surface area contributed by atoms with Crippen molar-refractivity contribution in [1.29, 1.82) is 0 Å². The van der Waals surface area contributed by atoms with Crippen LogP contribution in [0.4, 0.5) is 0 Å². The van der Waals surface area contributed by atoms with Crippen LogP contribution < -0.4 is 10.2 Å². The average molecular weight is 334 g/mol. The van der Waals surface area contributed by atoms with Crippen molar-refractivity contribution in [3.05, 3.63) is 29.3 Å². The molecule has 1 aromatic carbocycles. The van der Waals surface area contributed by atoms with Gasteiger partial charge in [0.1, 0.15) is 12.4 Å². The minimum Gasteiger partial charge on any atom is -0.491 e. The van der Waals surface area contributed by atoms with Gasteiger partial charge in [-0.1, -0.05) is 6.07 Å². The van der Waals surface area contributed by atoms with Gasteiger partial charge in [0.15, 0.2) is 0 Å². The lowest BCUT2D eigenvalue weighted by molar-refractivity contribution is -0.143. The topological polar surface area (TPSA) is 88.1 Å². The second-order valence-corrected chi connectivity index (χ2v) is 6.58. The minimum absolute atomic E-state index is 0.0705. The van der Waals surface area contributed by atoms with Crippen molar-refractivity contribution in [3.8, 4) is 5.75 Å². The molecule has 2 aliphatic heterocycles. The van der Waals surface area contributed by atoms with Gasteiger partial charge in [0, 0.05) is 17.7 Å². The normalized spacial score (nSPS) is 26.3. The lowest BCUT2D eigenvalue weighted by Gasteiger charge is -2.33. The number of benzene rings is 1. The Hall–Kier alpha value is -2.12. The van der Waals surface area contributed by atoms with Gasteiger partial charge in [-0.25, -0.2) is 5.48 Å². The van der Waals surface area contributed by atoms with E-state index in [0.29, 0.717) is 37.7 Å². The number of nitrogens with zero attached hydrogens (tertiary/aromatic N) is 1. The molecule has 0 radical (unpaired) electrons. The second-order valence-electron chi connectivity index (χ2n) is 6.58. The van der Waals surface area contributed by atoms with E-state index in [1.807, 2.05) is 18.7 Å². The quantitative estimate of drug-likeness (QED) is 0.632. The molecule has 24 heavy (non-hydrogen) atoms. The summed E-state index contributed by atoms with van der Waals surface area (Å²) in [6, 6.07) is 4.80. The Balaban J connectivity index is 1.89. The van der Waals surface area contributed by atoms with Gasteiger partial charge < -0.3 is 14.4 Å². The smallest absolute Gasteiger partial charge is 0.274 e. The van der Waals surface area contributed by atoms with E-state index < -0.39 is 11.3 Å². The molecule has 0 aromatic heterocycles. The number of hydrogen-bond donors (Lipinski definition) is 2. The molecule has 2 amide bonds. The molecular formula is C17H22N2O5. The molecule has 7 heteroatoms. The van der Waals surface area contributed by atoms with Gasteiger partial charge in [0.2, 0.25) is 5.91 Å². The molecule has 1 fully saturated rings. The van der Waals surface area contributed by atoms with Gasteiger partial charge in [-0.3, -0.25) is 14.8 Å². The maximum absolute atomic E-state index is 13.0. The first-order valence-corrected chi connectivity index (χ1v) is 8.06. The van der Waals surface area contributed by atoms with Gasteiger partial charge in [-0.15, -0.1) is 0 Å². The first-order valence-electron chi connectivity index (χ1n) is 8.06. The van der Waals surface area contributed by atoms with Gasteiger partial charge in [-0.2, -0.15) is 0 Å². The first-order chi connectivity index (χ1) is 11.5. The molecule has 1 aromatic rings. The number of hydrogen-bond acceptors (Lipinski definition) is 5. The third-order valence-corrected chi connectivity index (χ3v) is 4.88. The third-order valence-electron chi connectivity index (χ3n) is 4.88. The molecular weight excluding hydrogens is 312 g/mol. The van der Waals surface area contributed by atoms with Crippen molar-refractivity contribution in [2.24, 2.45) is 5.41 Å². The number of hydroxylamine groups is 1. The molecule has 0 aliphatic carbocycles. The molecule has 0 spiro atoms. The fourth-order valence-corrected chi connectivity index (χ4v) is 3.29. The van der Waals surface area contributed by atoms with Crippen molar-refractivity contribution in [3.63, 3.8) is 0 Å². The van der Waals surface area contributed by atoms with Crippen LogP contribution in [0.15, 0.2) is 18.2 Å². The van der Waals surface area contributed by atoms with E-state index in [4.69, 9.17) is 14.7 Å².